The van der Waals surface area contributed by atoms with Gasteiger partial charge in [0.25, 0.3) is 5.69 Å². The van der Waals surface area contributed by atoms with E-state index in [4.69, 9.17) is 17.3 Å². The molecule has 0 saturated carbocycles. The summed E-state index contributed by atoms with van der Waals surface area (Å²) in [7, 11) is 0. The largest absolute Gasteiger partial charge is 0.355 e. The molecule has 0 aliphatic carbocycles. The van der Waals surface area contributed by atoms with Gasteiger partial charge in [-0.15, -0.1) is 0 Å². The summed E-state index contributed by atoms with van der Waals surface area (Å²) in [4.78, 5) is 16.1. The van der Waals surface area contributed by atoms with Crippen LogP contribution < -0.4 is 10.6 Å². The van der Waals surface area contributed by atoms with E-state index in [0.717, 1.165) is 19.5 Å². The monoisotopic (exact) mass is 256 g/mol. The number of rotatable bonds is 3. The molecule has 1 unspecified atom stereocenters. The Hall–Kier alpha value is -1.40. The number of nitrogens with two attached hydrogens (primary N) is 1. The van der Waals surface area contributed by atoms with Crippen molar-refractivity contribution in [2.45, 2.75) is 6.42 Å². The minimum absolute atomic E-state index is 0.0895. The van der Waals surface area contributed by atoms with Crippen LogP contribution in [0.5, 0.6) is 0 Å². The summed E-state index contributed by atoms with van der Waals surface area (Å²) in [5, 5.41) is 10.9. The normalized spacial score (nSPS) is 19.6. The summed E-state index contributed by atoms with van der Waals surface area (Å²) in [5.41, 5.74) is 5.52. The van der Waals surface area contributed by atoms with E-state index in [-0.39, 0.29) is 5.69 Å². The molecular formula is C10H13ClN4O2. The molecule has 0 bridgehead atoms. The van der Waals surface area contributed by atoms with Crippen molar-refractivity contribution in [2.75, 3.05) is 24.5 Å². The molecule has 2 heterocycles. The molecule has 17 heavy (non-hydrogen) atoms. The Balaban J connectivity index is 2.20. The van der Waals surface area contributed by atoms with Gasteiger partial charge in [-0.2, -0.15) is 0 Å². The molecule has 1 aromatic heterocycles. The Morgan fingerprint density at radius 3 is 3.00 bits per heavy atom. The van der Waals surface area contributed by atoms with Crippen LogP contribution in [0.1, 0.15) is 6.42 Å². The SMILES string of the molecule is NCC1CCN(c2ncc([N+](=O)[O-])cc2Cl)C1. The zero-order valence-corrected chi connectivity index (χ0v) is 9.93. The van der Waals surface area contributed by atoms with E-state index < -0.39 is 4.92 Å². The standard InChI is InChI=1S/C10H13ClN4O2/c11-9-3-8(15(16)17)5-13-10(9)14-2-1-7(4-12)6-14/h3,5,7H,1-2,4,6,12H2. The molecule has 6 nitrogen and oxygen atoms in total. The van der Waals surface area contributed by atoms with Gasteiger partial charge in [-0.25, -0.2) is 4.98 Å². The van der Waals surface area contributed by atoms with Crippen molar-refractivity contribution in [3.05, 3.63) is 27.4 Å². The highest BCUT2D eigenvalue weighted by atomic mass is 35.5. The van der Waals surface area contributed by atoms with Gasteiger partial charge in [-0.1, -0.05) is 11.6 Å². The molecule has 2 rings (SSSR count). The molecule has 1 fully saturated rings. The molecule has 1 atom stereocenters. The van der Waals surface area contributed by atoms with Crippen molar-refractivity contribution in [1.82, 2.24) is 4.98 Å². The molecule has 0 aromatic carbocycles. The average Bonchev–Trinajstić information content (AvgIpc) is 2.77. The number of aromatic nitrogens is 1. The van der Waals surface area contributed by atoms with Crippen LogP contribution in [0.15, 0.2) is 12.3 Å². The molecule has 1 saturated heterocycles. The molecule has 0 spiro atoms. The Kier molecular flexibility index (Phi) is 3.44. The number of nitro groups is 1. The van der Waals surface area contributed by atoms with Gasteiger partial charge in [-0.05, 0) is 18.9 Å². The summed E-state index contributed by atoms with van der Waals surface area (Å²) >= 11 is 6.00. The maximum atomic E-state index is 10.6. The fourth-order valence-electron chi connectivity index (χ4n) is 1.97. The van der Waals surface area contributed by atoms with Crippen LogP contribution in [-0.4, -0.2) is 29.5 Å². The van der Waals surface area contributed by atoms with Gasteiger partial charge in [0.05, 0.1) is 9.95 Å². The second-order valence-electron chi connectivity index (χ2n) is 4.09. The van der Waals surface area contributed by atoms with Crippen LogP contribution >= 0.6 is 11.6 Å². The van der Waals surface area contributed by atoms with Gasteiger partial charge in [-0.3, -0.25) is 10.1 Å². The minimum atomic E-state index is -0.505. The van der Waals surface area contributed by atoms with E-state index in [1.54, 1.807) is 0 Å². The minimum Gasteiger partial charge on any atom is -0.355 e. The summed E-state index contributed by atoms with van der Waals surface area (Å²) in [6.07, 6.45) is 2.24. The first-order valence-corrected chi connectivity index (χ1v) is 5.74. The van der Waals surface area contributed by atoms with Crippen molar-refractivity contribution in [2.24, 2.45) is 11.7 Å². The summed E-state index contributed by atoms with van der Waals surface area (Å²) in [6.45, 7) is 2.29. The number of hydrogen-bond donors (Lipinski definition) is 1. The Morgan fingerprint density at radius 2 is 2.47 bits per heavy atom. The molecule has 1 aromatic rings. The predicted octanol–water partition coefficient (Wildman–Crippen LogP) is 1.43. The second kappa shape index (κ2) is 4.85. The second-order valence-corrected chi connectivity index (χ2v) is 4.50. The van der Waals surface area contributed by atoms with Gasteiger partial charge in [0.2, 0.25) is 0 Å². The van der Waals surface area contributed by atoms with Gasteiger partial charge < -0.3 is 10.6 Å². The molecule has 0 radical (unpaired) electrons. The predicted molar refractivity (Wildman–Crippen MR) is 65.3 cm³/mol. The van der Waals surface area contributed by atoms with E-state index in [0.29, 0.717) is 23.3 Å². The maximum absolute atomic E-state index is 10.6. The third-order valence-corrected chi connectivity index (χ3v) is 3.22. The van der Waals surface area contributed by atoms with Crippen LogP contribution in [-0.2, 0) is 0 Å². The van der Waals surface area contributed by atoms with Crippen molar-refractivity contribution in [3.63, 3.8) is 0 Å². The fourth-order valence-corrected chi connectivity index (χ4v) is 2.25. The van der Waals surface area contributed by atoms with Gasteiger partial charge >= 0.3 is 0 Å². The highest BCUT2D eigenvalue weighted by Gasteiger charge is 2.24. The van der Waals surface area contributed by atoms with Crippen LogP contribution in [0.2, 0.25) is 5.02 Å². The van der Waals surface area contributed by atoms with Gasteiger partial charge in [0, 0.05) is 19.2 Å². The van der Waals surface area contributed by atoms with Crippen LogP contribution in [0.3, 0.4) is 0 Å². The molecular weight excluding hydrogens is 244 g/mol. The molecule has 0 amide bonds. The van der Waals surface area contributed by atoms with Crippen LogP contribution in [0.4, 0.5) is 11.5 Å². The quantitative estimate of drug-likeness (QED) is 0.653. The molecule has 7 heteroatoms. The van der Waals surface area contributed by atoms with E-state index in [2.05, 4.69) is 4.98 Å². The average molecular weight is 257 g/mol. The van der Waals surface area contributed by atoms with E-state index in [9.17, 15) is 10.1 Å². The highest BCUT2D eigenvalue weighted by molar-refractivity contribution is 6.33. The zero-order valence-electron chi connectivity index (χ0n) is 9.17. The molecule has 1 aliphatic rings. The first kappa shape index (κ1) is 12.1. The summed E-state index contributed by atoms with van der Waals surface area (Å²) in [5.74, 6) is 1.05. The van der Waals surface area contributed by atoms with E-state index >= 15 is 0 Å². The molecule has 2 N–H and O–H groups in total. The number of hydrogen-bond acceptors (Lipinski definition) is 5. The first-order chi connectivity index (χ1) is 8.11. The summed E-state index contributed by atoms with van der Waals surface area (Å²) < 4.78 is 0. The van der Waals surface area contributed by atoms with Crippen molar-refractivity contribution >= 4 is 23.1 Å². The lowest BCUT2D eigenvalue weighted by Crippen LogP contribution is -2.23. The van der Waals surface area contributed by atoms with Crippen molar-refractivity contribution in [3.8, 4) is 0 Å². The Labute approximate surface area is 104 Å². The Bertz CT molecular complexity index is 440. The third-order valence-electron chi connectivity index (χ3n) is 2.94. The lowest BCUT2D eigenvalue weighted by Gasteiger charge is -2.18. The number of halogens is 1. The van der Waals surface area contributed by atoms with Crippen LogP contribution in [0, 0.1) is 16.0 Å². The zero-order chi connectivity index (χ0) is 12.4. The smallest absolute Gasteiger partial charge is 0.289 e. The lowest BCUT2D eigenvalue weighted by atomic mass is 10.1. The molecule has 92 valence electrons. The lowest BCUT2D eigenvalue weighted by molar-refractivity contribution is -0.385. The summed E-state index contributed by atoms with van der Waals surface area (Å²) in [6, 6.07) is 1.33. The van der Waals surface area contributed by atoms with Crippen LogP contribution in [0.25, 0.3) is 0 Å². The van der Waals surface area contributed by atoms with Crippen molar-refractivity contribution in [1.29, 1.82) is 0 Å². The van der Waals surface area contributed by atoms with E-state index in [1.807, 2.05) is 4.90 Å². The maximum Gasteiger partial charge on any atom is 0.289 e. The highest BCUT2D eigenvalue weighted by Crippen LogP contribution is 2.30. The van der Waals surface area contributed by atoms with Crippen molar-refractivity contribution < 1.29 is 4.92 Å². The van der Waals surface area contributed by atoms with Gasteiger partial charge in [0.15, 0.2) is 0 Å². The number of anilines is 1. The van der Waals surface area contributed by atoms with Gasteiger partial charge in [0.1, 0.15) is 12.0 Å². The number of pyridine rings is 1. The third kappa shape index (κ3) is 2.48. The topological polar surface area (TPSA) is 85.3 Å². The fraction of sp³-hybridized carbons (Fsp3) is 0.500. The molecule has 1 aliphatic heterocycles. The van der Waals surface area contributed by atoms with E-state index in [1.165, 1.54) is 12.3 Å². The number of nitrogens with zero attached hydrogens (tertiary/aromatic N) is 3. The first-order valence-electron chi connectivity index (χ1n) is 5.36. The Morgan fingerprint density at radius 1 is 1.71 bits per heavy atom.